The first kappa shape index (κ1) is 36.1. The van der Waals surface area contributed by atoms with E-state index in [9.17, 15) is 16.8 Å². The minimum absolute atomic E-state index is 0.180. The van der Waals surface area contributed by atoms with E-state index < -0.39 is 20.0 Å². The lowest BCUT2D eigenvalue weighted by atomic mass is 10.0. The molecule has 2 aromatic rings. The predicted octanol–water partition coefficient (Wildman–Crippen LogP) is 6.33. The van der Waals surface area contributed by atoms with Crippen LogP contribution in [0, 0.1) is 20.8 Å². The van der Waals surface area contributed by atoms with Crippen LogP contribution < -0.4 is 20.1 Å². The summed E-state index contributed by atoms with van der Waals surface area (Å²) < 4.78 is 48.7. The van der Waals surface area contributed by atoms with Crippen LogP contribution in [-0.4, -0.2) is 43.0 Å². The Morgan fingerprint density at radius 2 is 0.976 bits per heavy atom. The molecule has 0 atom stereocenters. The first-order valence-electron chi connectivity index (χ1n) is 15.5. The molecular formula is C32H54N4O4S2. The maximum Gasteiger partial charge on any atom is 0.238 e. The molecule has 0 fully saturated rings. The molecule has 0 heterocycles. The summed E-state index contributed by atoms with van der Waals surface area (Å²) in [6, 6.07) is 7.45. The van der Waals surface area contributed by atoms with E-state index in [-0.39, 0.29) is 9.79 Å². The number of unbranched alkanes of at least 4 members (excludes halogenated alkanes) is 5. The molecule has 0 radical (unpaired) electrons. The first-order valence-corrected chi connectivity index (χ1v) is 18.6. The fourth-order valence-corrected chi connectivity index (χ4v) is 7.15. The fraction of sp³-hybridized carbons (Fsp3) is 0.625. The normalized spacial score (nSPS) is 12.1. The number of aryl methyl sites for hydroxylation is 4. The Bertz CT molecular complexity index is 1370. The SMILES string of the molecule is CCCCN(CCCCCc1cc(S(N)(=O)=O)c(C)cc1N(CCCC)CCCC)c1cc(C)c(S(N)(=O)=O)cc1C. The van der Waals surface area contributed by atoms with Crippen molar-refractivity contribution in [3.63, 3.8) is 0 Å². The molecule has 0 aliphatic rings. The van der Waals surface area contributed by atoms with Crippen LogP contribution in [0.2, 0.25) is 0 Å². The Balaban J connectivity index is 2.23. The van der Waals surface area contributed by atoms with Crippen LogP contribution in [0.25, 0.3) is 0 Å². The number of benzene rings is 2. The summed E-state index contributed by atoms with van der Waals surface area (Å²) in [5.41, 5.74) is 5.49. The highest BCUT2D eigenvalue weighted by Gasteiger charge is 2.20. The van der Waals surface area contributed by atoms with Crippen LogP contribution in [0.4, 0.5) is 11.4 Å². The van der Waals surface area contributed by atoms with E-state index in [1.54, 1.807) is 19.1 Å². The average molecular weight is 623 g/mol. The van der Waals surface area contributed by atoms with Crippen LogP contribution in [0.1, 0.15) is 101 Å². The number of nitrogens with two attached hydrogens (primary N) is 2. The number of anilines is 2. The second-order valence-corrected chi connectivity index (χ2v) is 14.6. The summed E-state index contributed by atoms with van der Waals surface area (Å²) in [6.07, 6.45) is 10.2. The second kappa shape index (κ2) is 16.6. The number of hydrogen-bond acceptors (Lipinski definition) is 6. The molecular weight excluding hydrogens is 569 g/mol. The molecule has 42 heavy (non-hydrogen) atoms. The van der Waals surface area contributed by atoms with Crippen LogP contribution in [0.15, 0.2) is 34.1 Å². The molecule has 0 amide bonds. The first-order chi connectivity index (χ1) is 19.7. The van der Waals surface area contributed by atoms with Crippen LogP contribution in [-0.2, 0) is 26.5 Å². The third-order valence-electron chi connectivity index (χ3n) is 7.88. The molecule has 0 saturated heterocycles. The van der Waals surface area contributed by atoms with Crippen LogP contribution in [0.5, 0.6) is 0 Å². The minimum atomic E-state index is -3.81. The van der Waals surface area contributed by atoms with Crippen LogP contribution >= 0.6 is 0 Å². The maximum absolute atomic E-state index is 12.3. The minimum Gasteiger partial charge on any atom is -0.371 e. The van der Waals surface area contributed by atoms with Crippen molar-refractivity contribution in [3.8, 4) is 0 Å². The Kier molecular flexibility index (Phi) is 14.3. The van der Waals surface area contributed by atoms with Gasteiger partial charge in [-0.1, -0.05) is 46.5 Å². The van der Waals surface area contributed by atoms with Gasteiger partial charge in [-0.25, -0.2) is 27.1 Å². The third-order valence-corrected chi connectivity index (χ3v) is 9.99. The van der Waals surface area contributed by atoms with E-state index in [1.807, 2.05) is 26.0 Å². The van der Waals surface area contributed by atoms with Crippen molar-refractivity contribution in [1.82, 2.24) is 0 Å². The van der Waals surface area contributed by atoms with E-state index >= 15 is 0 Å². The van der Waals surface area contributed by atoms with Crippen molar-refractivity contribution >= 4 is 31.4 Å². The van der Waals surface area contributed by atoms with Gasteiger partial charge >= 0.3 is 0 Å². The van der Waals surface area contributed by atoms with Crippen molar-refractivity contribution in [1.29, 1.82) is 0 Å². The smallest absolute Gasteiger partial charge is 0.238 e. The topological polar surface area (TPSA) is 127 Å². The van der Waals surface area contributed by atoms with Gasteiger partial charge in [-0.15, -0.1) is 0 Å². The summed E-state index contributed by atoms with van der Waals surface area (Å²) in [5, 5.41) is 11.0. The zero-order chi connectivity index (χ0) is 31.5. The monoisotopic (exact) mass is 622 g/mol. The predicted molar refractivity (Wildman–Crippen MR) is 177 cm³/mol. The van der Waals surface area contributed by atoms with E-state index in [2.05, 4.69) is 30.6 Å². The van der Waals surface area contributed by atoms with E-state index in [0.717, 1.165) is 113 Å². The summed E-state index contributed by atoms with van der Waals surface area (Å²) in [7, 11) is -7.58. The highest BCUT2D eigenvalue weighted by molar-refractivity contribution is 7.89. The molecule has 0 unspecified atom stereocenters. The summed E-state index contributed by atoms with van der Waals surface area (Å²) >= 11 is 0. The molecule has 0 aromatic heterocycles. The van der Waals surface area contributed by atoms with E-state index in [1.165, 1.54) is 0 Å². The Morgan fingerprint density at radius 1 is 0.548 bits per heavy atom. The van der Waals surface area contributed by atoms with Gasteiger partial charge in [0.15, 0.2) is 0 Å². The maximum atomic E-state index is 12.3. The molecule has 238 valence electrons. The van der Waals surface area contributed by atoms with Gasteiger partial charge in [0.05, 0.1) is 9.79 Å². The number of nitrogens with zero attached hydrogens (tertiary/aromatic N) is 2. The lowest BCUT2D eigenvalue weighted by Gasteiger charge is -2.29. The third kappa shape index (κ3) is 10.5. The molecule has 0 aliphatic heterocycles. The number of primary sulfonamides is 2. The summed E-state index contributed by atoms with van der Waals surface area (Å²) in [5.74, 6) is 0. The largest absolute Gasteiger partial charge is 0.371 e. The van der Waals surface area contributed by atoms with Gasteiger partial charge in [0, 0.05) is 37.6 Å². The Morgan fingerprint density at radius 3 is 1.45 bits per heavy atom. The summed E-state index contributed by atoms with van der Waals surface area (Å²) in [6.45, 7) is 15.8. The number of hydrogen-bond donors (Lipinski definition) is 2. The molecule has 0 saturated carbocycles. The van der Waals surface area contributed by atoms with Gasteiger partial charge in [-0.3, -0.25) is 0 Å². The highest BCUT2D eigenvalue weighted by atomic mass is 32.2. The number of rotatable bonds is 19. The molecule has 4 N–H and O–H groups in total. The van der Waals surface area contributed by atoms with E-state index in [4.69, 9.17) is 10.3 Å². The van der Waals surface area contributed by atoms with Gasteiger partial charge in [-0.2, -0.15) is 0 Å². The Hall–Kier alpha value is -2.14. The van der Waals surface area contributed by atoms with Gasteiger partial charge in [0.2, 0.25) is 20.0 Å². The Labute approximate surface area is 256 Å². The molecule has 0 bridgehead atoms. The van der Waals surface area contributed by atoms with Gasteiger partial charge < -0.3 is 9.80 Å². The van der Waals surface area contributed by atoms with Crippen molar-refractivity contribution in [3.05, 3.63) is 46.5 Å². The zero-order valence-corrected chi connectivity index (χ0v) is 28.3. The quantitative estimate of drug-likeness (QED) is 0.176. The molecule has 10 heteroatoms. The zero-order valence-electron chi connectivity index (χ0n) is 26.7. The molecule has 8 nitrogen and oxygen atoms in total. The van der Waals surface area contributed by atoms with Gasteiger partial charge in [0.25, 0.3) is 0 Å². The van der Waals surface area contributed by atoms with Gasteiger partial charge in [-0.05, 0) is 106 Å². The molecule has 2 aromatic carbocycles. The van der Waals surface area contributed by atoms with Crippen molar-refractivity contribution in [2.24, 2.45) is 10.3 Å². The van der Waals surface area contributed by atoms with Gasteiger partial charge in [0.1, 0.15) is 0 Å². The van der Waals surface area contributed by atoms with Crippen LogP contribution in [0.3, 0.4) is 0 Å². The molecule has 0 spiro atoms. The average Bonchev–Trinajstić information content (AvgIpc) is 2.90. The van der Waals surface area contributed by atoms with E-state index in [0.29, 0.717) is 11.1 Å². The standard InChI is InChI=1S/C32H54N4O4S2/c1-7-10-17-35(29-21-26(5)31(23-25(29)4)41(33,37)38)20-15-13-14-16-28-24-32(42(34,39)40)27(6)22-30(28)36(18-11-8-2)19-12-9-3/h21-24H,7-20H2,1-6H3,(H2,33,37,38)(H2,34,39,40). The molecule has 2 rings (SSSR count). The molecule has 0 aliphatic carbocycles. The second-order valence-electron chi connectivity index (χ2n) is 11.6. The van der Waals surface area contributed by atoms with Crippen molar-refractivity contribution in [2.45, 2.75) is 116 Å². The van der Waals surface area contributed by atoms with Crippen molar-refractivity contribution in [2.75, 3.05) is 36.0 Å². The number of sulfonamides is 2. The highest BCUT2D eigenvalue weighted by Crippen LogP contribution is 2.30. The lowest BCUT2D eigenvalue weighted by Crippen LogP contribution is -2.27. The summed E-state index contributed by atoms with van der Waals surface area (Å²) in [4.78, 5) is 5.17. The fourth-order valence-electron chi connectivity index (χ4n) is 5.48. The lowest BCUT2D eigenvalue weighted by molar-refractivity contribution is 0.595. The van der Waals surface area contributed by atoms with Crippen molar-refractivity contribution < 1.29 is 16.8 Å².